The number of rotatable bonds is 1. The van der Waals surface area contributed by atoms with Crippen LogP contribution in [0.2, 0.25) is 0 Å². The Morgan fingerprint density at radius 1 is 1.60 bits per heavy atom. The first kappa shape index (κ1) is 9.73. The summed E-state index contributed by atoms with van der Waals surface area (Å²) in [4.78, 5) is 0. The van der Waals surface area contributed by atoms with Crippen molar-refractivity contribution in [2.24, 2.45) is 0 Å². The first-order chi connectivity index (χ1) is 1.91. The van der Waals surface area contributed by atoms with Crippen molar-refractivity contribution in [3.63, 3.8) is 0 Å². The molecule has 0 rings (SSSR count). The second-order valence-corrected chi connectivity index (χ2v) is 1.22. The minimum Gasteiger partial charge on any atom is -0.343 e. The summed E-state index contributed by atoms with van der Waals surface area (Å²) in [5.74, 6) is 0. The largest absolute Gasteiger partial charge is 0.343 e. The van der Waals surface area contributed by atoms with Gasteiger partial charge >= 0.3 is 0 Å². The van der Waals surface area contributed by atoms with Crippen LogP contribution in [-0.4, -0.2) is 6.16 Å². The maximum atomic E-state index is 3.58. The number of hydrogen-bond acceptors (Lipinski definition) is 0. The average molecular weight is 164 g/mol. The molecule has 1 atom stereocenters. The van der Waals surface area contributed by atoms with Crippen molar-refractivity contribution in [3.05, 3.63) is 6.92 Å². The molecule has 1 radical (unpaired) electrons. The molecule has 0 fully saturated rings. The van der Waals surface area contributed by atoms with E-state index < -0.39 is 0 Å². The van der Waals surface area contributed by atoms with Crippen LogP contribution >= 0.6 is 9.24 Å². The SMILES string of the molecule is [CH2-]CCP.[Y]. The van der Waals surface area contributed by atoms with E-state index >= 15 is 0 Å². The van der Waals surface area contributed by atoms with E-state index in [1.807, 2.05) is 0 Å². The van der Waals surface area contributed by atoms with Gasteiger partial charge in [0.1, 0.15) is 0 Å². The molecule has 29 valence electrons. The van der Waals surface area contributed by atoms with Gasteiger partial charge in [-0.2, -0.15) is 6.42 Å². The standard InChI is InChI=1S/C3H8P.Y/c1-2-3-4;/h1-4H2;/q-1;. The van der Waals surface area contributed by atoms with Crippen LogP contribution in [0.1, 0.15) is 6.42 Å². The van der Waals surface area contributed by atoms with Crippen molar-refractivity contribution < 1.29 is 32.7 Å². The third kappa shape index (κ3) is 10.8. The van der Waals surface area contributed by atoms with Crippen LogP contribution in [-0.2, 0) is 32.7 Å². The summed E-state index contributed by atoms with van der Waals surface area (Å²) >= 11 is 0. The Bertz CT molecular complexity index is 8.85. The van der Waals surface area contributed by atoms with Crippen LogP contribution in [0.3, 0.4) is 0 Å². The minimum atomic E-state index is 0. The summed E-state index contributed by atoms with van der Waals surface area (Å²) in [7, 11) is 2.59. The summed E-state index contributed by atoms with van der Waals surface area (Å²) in [5, 5.41) is 0. The molecule has 1 unspecified atom stereocenters. The van der Waals surface area contributed by atoms with Crippen molar-refractivity contribution in [3.8, 4) is 0 Å². The molecule has 0 nitrogen and oxygen atoms in total. The third-order valence-electron chi connectivity index (χ3n) is 0.204. The van der Waals surface area contributed by atoms with E-state index in [1.54, 1.807) is 0 Å². The van der Waals surface area contributed by atoms with Gasteiger partial charge < -0.3 is 6.92 Å². The van der Waals surface area contributed by atoms with Crippen LogP contribution in [0.5, 0.6) is 0 Å². The summed E-state index contributed by atoms with van der Waals surface area (Å²) in [6.07, 6.45) is 2.16. The average Bonchev–Trinajstić information content (AvgIpc) is 1.37. The molecular weight excluding hydrogens is 156 g/mol. The summed E-state index contributed by atoms with van der Waals surface area (Å²) in [6, 6.07) is 0. The van der Waals surface area contributed by atoms with Crippen LogP contribution in [0.4, 0.5) is 0 Å². The van der Waals surface area contributed by atoms with Gasteiger partial charge in [0.2, 0.25) is 0 Å². The van der Waals surface area contributed by atoms with Gasteiger partial charge in [0, 0.05) is 32.7 Å². The molecule has 5 heavy (non-hydrogen) atoms. The summed E-state index contributed by atoms with van der Waals surface area (Å²) in [6.45, 7) is 3.58. The van der Waals surface area contributed by atoms with Crippen LogP contribution in [0.15, 0.2) is 0 Å². The monoisotopic (exact) mass is 164 g/mol. The molecule has 0 aliphatic rings. The fourth-order valence-electron chi connectivity index (χ4n) is 0. The van der Waals surface area contributed by atoms with E-state index in [2.05, 4.69) is 16.2 Å². The molecule has 0 aromatic carbocycles. The quantitative estimate of drug-likeness (QED) is 0.401. The maximum Gasteiger partial charge on any atom is 0 e. The maximum absolute atomic E-state index is 3.58. The first-order valence-corrected chi connectivity index (χ1v) is 2.22. The van der Waals surface area contributed by atoms with Crippen molar-refractivity contribution in [2.45, 2.75) is 6.42 Å². The number of hydrogen-bond donors (Lipinski definition) is 0. The zero-order valence-corrected chi connectivity index (χ0v) is 7.27. The van der Waals surface area contributed by atoms with Gasteiger partial charge in [-0.1, -0.05) is 6.16 Å². The van der Waals surface area contributed by atoms with Gasteiger partial charge in [0.15, 0.2) is 0 Å². The molecule has 0 spiro atoms. The Hall–Kier alpha value is 1.53. The fraction of sp³-hybridized carbons (Fsp3) is 0.667. The van der Waals surface area contributed by atoms with Crippen LogP contribution in [0, 0.1) is 6.92 Å². The molecule has 0 saturated carbocycles. The first-order valence-electron chi connectivity index (χ1n) is 1.41. The molecule has 0 bridgehead atoms. The van der Waals surface area contributed by atoms with E-state index in [0.29, 0.717) is 0 Å². The Balaban J connectivity index is 0. The van der Waals surface area contributed by atoms with Crippen LogP contribution < -0.4 is 0 Å². The smallest absolute Gasteiger partial charge is 0 e. The van der Waals surface area contributed by atoms with E-state index in [4.69, 9.17) is 0 Å². The van der Waals surface area contributed by atoms with Crippen LogP contribution in [0.25, 0.3) is 0 Å². The van der Waals surface area contributed by atoms with E-state index in [0.717, 1.165) is 12.6 Å². The van der Waals surface area contributed by atoms with Crippen molar-refractivity contribution in [1.82, 2.24) is 0 Å². The van der Waals surface area contributed by atoms with E-state index in [-0.39, 0.29) is 32.7 Å². The van der Waals surface area contributed by atoms with Gasteiger partial charge in [-0.15, -0.1) is 9.24 Å². The molecule has 0 N–H and O–H groups in total. The predicted molar refractivity (Wildman–Crippen MR) is 24.6 cm³/mol. The Labute approximate surface area is 61.2 Å². The second-order valence-electron chi connectivity index (χ2n) is 0.642. The predicted octanol–water partition coefficient (Wildman–Crippen LogP) is 1.08. The van der Waals surface area contributed by atoms with Gasteiger partial charge in [-0.3, -0.25) is 0 Å². The minimum absolute atomic E-state index is 0. The second kappa shape index (κ2) is 9.11. The van der Waals surface area contributed by atoms with E-state index in [1.165, 1.54) is 0 Å². The Morgan fingerprint density at radius 2 is 1.80 bits per heavy atom. The molecule has 0 aromatic rings. The summed E-state index contributed by atoms with van der Waals surface area (Å²) in [5.41, 5.74) is 0. The molecular formula is C3H8PY-. The molecule has 0 amide bonds. The van der Waals surface area contributed by atoms with Crippen molar-refractivity contribution >= 4 is 9.24 Å². The molecule has 0 aromatic heterocycles. The topological polar surface area (TPSA) is 0 Å². The normalized spacial score (nSPS) is 6.00. The molecule has 0 saturated heterocycles. The Morgan fingerprint density at radius 3 is 1.80 bits per heavy atom. The molecule has 0 heterocycles. The van der Waals surface area contributed by atoms with Gasteiger partial charge in [0.25, 0.3) is 0 Å². The van der Waals surface area contributed by atoms with E-state index in [9.17, 15) is 0 Å². The van der Waals surface area contributed by atoms with Gasteiger partial charge in [0.05, 0.1) is 0 Å². The zero-order chi connectivity index (χ0) is 3.41. The summed E-state index contributed by atoms with van der Waals surface area (Å²) < 4.78 is 0. The zero-order valence-electron chi connectivity index (χ0n) is 3.28. The molecule has 0 aliphatic heterocycles. The van der Waals surface area contributed by atoms with Gasteiger partial charge in [-0.05, 0) is 0 Å². The third-order valence-corrected chi connectivity index (χ3v) is 0.612. The van der Waals surface area contributed by atoms with Crippen molar-refractivity contribution in [1.29, 1.82) is 0 Å². The molecule has 2 heteroatoms. The fourth-order valence-corrected chi connectivity index (χ4v) is 0. The Kier molecular flexibility index (Phi) is 17.7. The van der Waals surface area contributed by atoms with Crippen molar-refractivity contribution in [2.75, 3.05) is 6.16 Å². The molecule has 0 aliphatic carbocycles. The van der Waals surface area contributed by atoms with Gasteiger partial charge in [-0.25, -0.2) is 0 Å².